The quantitative estimate of drug-likeness (QED) is 0.818. The molecule has 0 fully saturated rings. The Morgan fingerprint density at radius 3 is 2.22 bits per heavy atom. The highest BCUT2D eigenvalue weighted by atomic mass is 32.2. The van der Waals surface area contributed by atoms with Gasteiger partial charge in [-0.15, -0.1) is 0 Å². The number of para-hydroxylation sites is 1. The number of anilines is 1. The molecule has 1 N–H and O–H groups in total. The molecule has 0 radical (unpaired) electrons. The van der Waals surface area contributed by atoms with Gasteiger partial charge in [-0.1, -0.05) is 51.1 Å². The Morgan fingerprint density at radius 1 is 1.07 bits per heavy atom. The molecule has 0 aromatic heterocycles. The fourth-order valence-corrected chi connectivity index (χ4v) is 3.42. The summed E-state index contributed by atoms with van der Waals surface area (Å²) in [7, 11) is -3.62. The molecule has 0 bridgehead atoms. The third kappa shape index (κ3) is 6.15. The zero-order valence-corrected chi connectivity index (χ0v) is 16.8. The summed E-state index contributed by atoms with van der Waals surface area (Å²) in [5.41, 5.74) is 2.05. The minimum absolute atomic E-state index is 0.00650. The highest BCUT2D eigenvalue weighted by molar-refractivity contribution is 7.88. The second-order valence-corrected chi connectivity index (χ2v) is 9.48. The number of halogens is 1. The van der Waals surface area contributed by atoms with Crippen LogP contribution in [0, 0.1) is 5.82 Å². The Kier molecular flexibility index (Phi) is 6.38. The number of carbonyl (C=O) groups excluding carboxylic acids is 1. The number of sulfonamides is 1. The van der Waals surface area contributed by atoms with Crippen LogP contribution in [-0.2, 0) is 26.8 Å². The third-order valence-corrected chi connectivity index (χ3v) is 5.27. The van der Waals surface area contributed by atoms with Crippen LogP contribution in [0.2, 0.25) is 0 Å². The zero-order chi connectivity index (χ0) is 20.2. The van der Waals surface area contributed by atoms with Crippen molar-refractivity contribution in [2.75, 3.05) is 18.1 Å². The maximum atomic E-state index is 13.0. The summed E-state index contributed by atoms with van der Waals surface area (Å²) in [5.74, 6) is -0.833. The average Bonchev–Trinajstić information content (AvgIpc) is 2.55. The Morgan fingerprint density at radius 2 is 1.67 bits per heavy atom. The van der Waals surface area contributed by atoms with E-state index in [2.05, 4.69) is 5.32 Å². The predicted octanol–water partition coefficient (Wildman–Crippen LogP) is 3.52. The molecule has 0 unspecified atom stereocenters. The van der Waals surface area contributed by atoms with Crippen molar-refractivity contribution in [2.24, 2.45) is 0 Å². The second kappa shape index (κ2) is 8.19. The van der Waals surface area contributed by atoms with E-state index in [1.165, 1.54) is 24.3 Å². The SMILES string of the molecule is CC(C)(C)c1ccccc1NC(=O)CN(Cc1ccc(F)cc1)S(C)(=O)=O. The number of hydrogen-bond acceptors (Lipinski definition) is 3. The molecule has 5 nitrogen and oxygen atoms in total. The van der Waals surface area contributed by atoms with E-state index < -0.39 is 21.7 Å². The summed E-state index contributed by atoms with van der Waals surface area (Å²) in [6.07, 6.45) is 1.05. The van der Waals surface area contributed by atoms with Gasteiger partial charge >= 0.3 is 0 Å². The van der Waals surface area contributed by atoms with Crippen molar-refractivity contribution in [1.29, 1.82) is 0 Å². The van der Waals surface area contributed by atoms with Gasteiger partial charge in [-0.2, -0.15) is 4.31 Å². The summed E-state index contributed by atoms with van der Waals surface area (Å²) in [4.78, 5) is 12.5. The lowest BCUT2D eigenvalue weighted by Crippen LogP contribution is -2.37. The fraction of sp³-hybridized carbons (Fsp3) is 0.350. The molecule has 0 aliphatic carbocycles. The van der Waals surface area contributed by atoms with Crippen LogP contribution < -0.4 is 5.32 Å². The number of carbonyl (C=O) groups is 1. The molecule has 146 valence electrons. The van der Waals surface area contributed by atoms with Gasteiger partial charge in [-0.05, 0) is 34.7 Å². The summed E-state index contributed by atoms with van der Waals surface area (Å²) >= 11 is 0. The van der Waals surface area contributed by atoms with Gasteiger partial charge in [-0.3, -0.25) is 4.79 Å². The van der Waals surface area contributed by atoms with Crippen molar-refractivity contribution in [3.05, 3.63) is 65.5 Å². The van der Waals surface area contributed by atoms with Crippen molar-refractivity contribution in [3.8, 4) is 0 Å². The van der Waals surface area contributed by atoms with Gasteiger partial charge in [0.25, 0.3) is 0 Å². The molecule has 0 saturated carbocycles. The van der Waals surface area contributed by atoms with Gasteiger partial charge in [0.15, 0.2) is 0 Å². The van der Waals surface area contributed by atoms with E-state index in [0.717, 1.165) is 16.1 Å². The van der Waals surface area contributed by atoms with Gasteiger partial charge in [0, 0.05) is 12.2 Å². The van der Waals surface area contributed by atoms with E-state index in [1.807, 2.05) is 39.0 Å². The van der Waals surface area contributed by atoms with E-state index in [0.29, 0.717) is 11.3 Å². The molecule has 0 spiro atoms. The summed E-state index contributed by atoms with van der Waals surface area (Å²) in [5, 5.41) is 2.81. The first-order valence-electron chi connectivity index (χ1n) is 8.56. The van der Waals surface area contributed by atoms with Gasteiger partial charge in [0.1, 0.15) is 5.82 Å². The molecule has 2 aromatic carbocycles. The van der Waals surface area contributed by atoms with Crippen LogP contribution in [-0.4, -0.2) is 31.4 Å². The van der Waals surface area contributed by atoms with Crippen LogP contribution in [0.15, 0.2) is 48.5 Å². The average molecular weight is 392 g/mol. The largest absolute Gasteiger partial charge is 0.325 e. The molecule has 0 aliphatic rings. The number of benzene rings is 2. The minimum atomic E-state index is -3.62. The molecule has 0 aliphatic heterocycles. The van der Waals surface area contributed by atoms with E-state index in [4.69, 9.17) is 0 Å². The highest BCUT2D eigenvalue weighted by Crippen LogP contribution is 2.29. The van der Waals surface area contributed by atoms with E-state index in [1.54, 1.807) is 6.07 Å². The molecule has 0 heterocycles. The predicted molar refractivity (Wildman–Crippen MR) is 105 cm³/mol. The smallest absolute Gasteiger partial charge is 0.239 e. The van der Waals surface area contributed by atoms with Crippen LogP contribution in [0.5, 0.6) is 0 Å². The van der Waals surface area contributed by atoms with Gasteiger partial charge in [-0.25, -0.2) is 12.8 Å². The van der Waals surface area contributed by atoms with Gasteiger partial charge in [0.05, 0.1) is 12.8 Å². The topological polar surface area (TPSA) is 66.5 Å². The van der Waals surface area contributed by atoms with Gasteiger partial charge < -0.3 is 5.32 Å². The second-order valence-electron chi connectivity index (χ2n) is 7.50. The Labute approximate surface area is 160 Å². The number of nitrogens with zero attached hydrogens (tertiary/aromatic N) is 1. The number of hydrogen-bond donors (Lipinski definition) is 1. The molecule has 2 aromatic rings. The molecule has 2 rings (SSSR count). The standard InChI is InChI=1S/C20H25FN2O3S/c1-20(2,3)17-7-5-6-8-18(17)22-19(24)14-23(27(4,25)26)13-15-9-11-16(21)12-10-15/h5-12H,13-14H2,1-4H3,(H,22,24). The van der Waals surface area contributed by atoms with Crippen LogP contribution in [0.3, 0.4) is 0 Å². The zero-order valence-electron chi connectivity index (χ0n) is 16.0. The highest BCUT2D eigenvalue weighted by Gasteiger charge is 2.23. The van der Waals surface area contributed by atoms with Crippen LogP contribution in [0.4, 0.5) is 10.1 Å². The van der Waals surface area contributed by atoms with Crippen molar-refractivity contribution < 1.29 is 17.6 Å². The van der Waals surface area contributed by atoms with Crippen molar-refractivity contribution in [3.63, 3.8) is 0 Å². The minimum Gasteiger partial charge on any atom is -0.325 e. The van der Waals surface area contributed by atoms with Crippen LogP contribution in [0.25, 0.3) is 0 Å². The maximum absolute atomic E-state index is 13.0. The Balaban J connectivity index is 2.17. The third-order valence-electron chi connectivity index (χ3n) is 4.07. The maximum Gasteiger partial charge on any atom is 0.239 e. The lowest BCUT2D eigenvalue weighted by Gasteiger charge is -2.24. The monoisotopic (exact) mass is 392 g/mol. The Hall–Kier alpha value is -2.25. The summed E-state index contributed by atoms with van der Waals surface area (Å²) < 4.78 is 38.3. The molecule has 1 amide bonds. The molecule has 7 heteroatoms. The first-order valence-corrected chi connectivity index (χ1v) is 10.4. The number of nitrogens with one attached hydrogen (secondary N) is 1. The molecule has 0 atom stereocenters. The fourth-order valence-electron chi connectivity index (χ4n) is 2.68. The Bertz CT molecular complexity index is 904. The molecular formula is C20H25FN2O3S. The molecule has 27 heavy (non-hydrogen) atoms. The molecular weight excluding hydrogens is 367 g/mol. The first kappa shape index (κ1) is 21.1. The lowest BCUT2D eigenvalue weighted by atomic mass is 9.86. The van der Waals surface area contributed by atoms with Crippen LogP contribution >= 0.6 is 0 Å². The normalized spacial score (nSPS) is 12.2. The van der Waals surface area contributed by atoms with Gasteiger partial charge in [0.2, 0.25) is 15.9 Å². The van der Waals surface area contributed by atoms with Crippen molar-refractivity contribution in [1.82, 2.24) is 4.31 Å². The molecule has 0 saturated heterocycles. The number of rotatable bonds is 6. The number of amides is 1. The van der Waals surface area contributed by atoms with E-state index in [-0.39, 0.29) is 18.5 Å². The van der Waals surface area contributed by atoms with Crippen molar-refractivity contribution in [2.45, 2.75) is 32.7 Å². The van der Waals surface area contributed by atoms with Crippen molar-refractivity contribution >= 4 is 21.6 Å². The van der Waals surface area contributed by atoms with Crippen LogP contribution in [0.1, 0.15) is 31.9 Å². The van der Waals surface area contributed by atoms with E-state index in [9.17, 15) is 17.6 Å². The lowest BCUT2D eigenvalue weighted by molar-refractivity contribution is -0.116. The summed E-state index contributed by atoms with van der Waals surface area (Å²) in [6.45, 7) is 5.78. The van der Waals surface area contributed by atoms with E-state index >= 15 is 0 Å². The first-order chi connectivity index (χ1) is 12.5. The summed E-state index contributed by atoms with van der Waals surface area (Å²) in [6, 6.07) is 13.0.